The zero-order valence-corrected chi connectivity index (χ0v) is 20.6. The lowest BCUT2D eigenvalue weighted by molar-refractivity contribution is -0.139. The lowest BCUT2D eigenvalue weighted by Crippen LogP contribution is -2.52. The molecule has 7 nitrogen and oxygen atoms in total. The van der Waals surface area contributed by atoms with Crippen molar-refractivity contribution in [2.75, 3.05) is 44.2 Å². The van der Waals surface area contributed by atoms with Crippen LogP contribution in [-0.4, -0.2) is 56.2 Å². The van der Waals surface area contributed by atoms with E-state index in [1.54, 1.807) is 6.92 Å². The maximum absolute atomic E-state index is 13.0. The summed E-state index contributed by atoms with van der Waals surface area (Å²) in [5.74, 6) is -0.413. The topological polar surface area (TPSA) is 73.9 Å². The van der Waals surface area contributed by atoms with Gasteiger partial charge in [0, 0.05) is 49.1 Å². The van der Waals surface area contributed by atoms with E-state index in [1.807, 2.05) is 49.4 Å². The van der Waals surface area contributed by atoms with E-state index < -0.39 is 12.0 Å². The van der Waals surface area contributed by atoms with Gasteiger partial charge in [-0.15, -0.1) is 0 Å². The van der Waals surface area contributed by atoms with Gasteiger partial charge in [0.2, 0.25) is 0 Å². The summed E-state index contributed by atoms with van der Waals surface area (Å²) in [5.41, 5.74) is 5.35. The van der Waals surface area contributed by atoms with Crippen molar-refractivity contribution < 1.29 is 14.3 Å². The van der Waals surface area contributed by atoms with Crippen LogP contribution in [0.1, 0.15) is 29.7 Å². The Balaban J connectivity index is 1.56. The number of hydrogen-bond donors (Lipinski definition) is 2. The Kier molecular flexibility index (Phi) is 7.44. The van der Waals surface area contributed by atoms with Crippen molar-refractivity contribution in [2.45, 2.75) is 26.8 Å². The van der Waals surface area contributed by atoms with Crippen LogP contribution in [0.25, 0.3) is 0 Å². The third-order valence-corrected chi connectivity index (χ3v) is 6.56. The minimum absolute atomic E-state index is 0.266. The van der Waals surface area contributed by atoms with Gasteiger partial charge in [0.25, 0.3) is 0 Å². The highest BCUT2D eigenvalue weighted by molar-refractivity contribution is 6.30. The number of amides is 2. The molecule has 4 rings (SSSR count). The number of hydrogen-bond acceptors (Lipinski definition) is 5. The van der Waals surface area contributed by atoms with Gasteiger partial charge in [-0.1, -0.05) is 47.5 Å². The first-order valence-corrected chi connectivity index (χ1v) is 12.0. The zero-order valence-electron chi connectivity index (χ0n) is 19.9. The first-order valence-electron chi connectivity index (χ1n) is 11.6. The number of aryl methyl sites for hydroxylation is 2. The molecule has 0 spiro atoms. The summed E-state index contributed by atoms with van der Waals surface area (Å²) in [4.78, 5) is 30.1. The van der Waals surface area contributed by atoms with Gasteiger partial charge in [-0.05, 0) is 44.0 Å². The van der Waals surface area contributed by atoms with Crippen LogP contribution in [0.5, 0.6) is 0 Å². The Hall–Kier alpha value is -3.03. The quantitative estimate of drug-likeness (QED) is 0.610. The summed E-state index contributed by atoms with van der Waals surface area (Å²) in [6.07, 6.45) is 0. The minimum atomic E-state index is -0.557. The lowest BCUT2D eigenvalue weighted by Gasteiger charge is -2.38. The fourth-order valence-corrected chi connectivity index (χ4v) is 4.66. The second-order valence-electron chi connectivity index (χ2n) is 8.75. The van der Waals surface area contributed by atoms with Gasteiger partial charge in [0.05, 0.1) is 18.2 Å². The molecule has 0 saturated carbocycles. The standard InChI is InChI=1S/C26H31ClN4O3/c1-4-34-25(32)23-21(28-26(33)29-24(23)19-8-5-17(2)6-9-19)16-30-11-13-31(14-12-30)22-15-20(27)10-7-18(22)3/h5-10,15,24H,4,11-14,16H2,1-3H3,(H2,28,29,33). The predicted molar refractivity (Wildman–Crippen MR) is 134 cm³/mol. The Labute approximate surface area is 205 Å². The molecule has 2 aliphatic heterocycles. The summed E-state index contributed by atoms with van der Waals surface area (Å²) in [7, 11) is 0. The number of urea groups is 1. The van der Waals surface area contributed by atoms with E-state index in [4.69, 9.17) is 16.3 Å². The number of nitrogens with one attached hydrogen (secondary N) is 2. The van der Waals surface area contributed by atoms with Gasteiger partial charge in [0.1, 0.15) is 0 Å². The van der Waals surface area contributed by atoms with E-state index in [2.05, 4.69) is 27.4 Å². The van der Waals surface area contributed by atoms with Crippen molar-refractivity contribution >= 4 is 29.3 Å². The Morgan fingerprint density at radius 3 is 2.47 bits per heavy atom. The molecule has 8 heteroatoms. The fourth-order valence-electron chi connectivity index (χ4n) is 4.50. The van der Waals surface area contributed by atoms with Crippen LogP contribution in [-0.2, 0) is 9.53 Å². The van der Waals surface area contributed by atoms with Crippen LogP contribution >= 0.6 is 11.6 Å². The molecule has 34 heavy (non-hydrogen) atoms. The van der Waals surface area contributed by atoms with Crippen LogP contribution in [0.15, 0.2) is 53.7 Å². The van der Waals surface area contributed by atoms with Crippen LogP contribution in [0.2, 0.25) is 5.02 Å². The van der Waals surface area contributed by atoms with Crippen molar-refractivity contribution in [3.8, 4) is 0 Å². The van der Waals surface area contributed by atoms with Gasteiger partial charge < -0.3 is 20.3 Å². The molecule has 0 radical (unpaired) electrons. The molecule has 2 heterocycles. The summed E-state index contributed by atoms with van der Waals surface area (Å²) in [5, 5.41) is 6.51. The highest BCUT2D eigenvalue weighted by Gasteiger charge is 2.34. The van der Waals surface area contributed by atoms with E-state index >= 15 is 0 Å². The number of rotatable bonds is 6. The number of esters is 1. The second-order valence-corrected chi connectivity index (χ2v) is 9.19. The number of piperazine rings is 1. The third-order valence-electron chi connectivity index (χ3n) is 6.33. The first kappa shape index (κ1) is 24.1. The monoisotopic (exact) mass is 482 g/mol. The van der Waals surface area contributed by atoms with E-state index in [1.165, 1.54) is 5.56 Å². The molecule has 1 saturated heterocycles. The molecule has 0 bridgehead atoms. The predicted octanol–water partition coefficient (Wildman–Crippen LogP) is 3.95. The molecule has 1 fully saturated rings. The molecule has 2 aromatic carbocycles. The summed E-state index contributed by atoms with van der Waals surface area (Å²) in [6, 6.07) is 12.9. The molecule has 1 atom stereocenters. The number of benzene rings is 2. The molecule has 0 aromatic heterocycles. The molecule has 0 aliphatic carbocycles. The molecule has 2 N–H and O–H groups in total. The van der Waals surface area contributed by atoms with Gasteiger partial charge in [-0.3, -0.25) is 4.90 Å². The van der Waals surface area contributed by atoms with Crippen molar-refractivity contribution in [3.63, 3.8) is 0 Å². The Morgan fingerprint density at radius 2 is 1.79 bits per heavy atom. The minimum Gasteiger partial charge on any atom is -0.463 e. The largest absolute Gasteiger partial charge is 0.463 e. The highest BCUT2D eigenvalue weighted by atomic mass is 35.5. The second kappa shape index (κ2) is 10.5. The Bertz CT molecular complexity index is 1090. The molecule has 1 unspecified atom stereocenters. The number of halogens is 1. The molecule has 2 aromatic rings. The van der Waals surface area contributed by atoms with Crippen LogP contribution in [0.4, 0.5) is 10.5 Å². The van der Waals surface area contributed by atoms with Crippen molar-refractivity contribution in [3.05, 3.63) is 75.4 Å². The summed E-state index contributed by atoms with van der Waals surface area (Å²) >= 11 is 6.22. The van der Waals surface area contributed by atoms with Gasteiger partial charge in [-0.2, -0.15) is 0 Å². The van der Waals surface area contributed by atoms with Crippen LogP contribution < -0.4 is 15.5 Å². The van der Waals surface area contributed by atoms with Gasteiger partial charge in [0.15, 0.2) is 0 Å². The number of anilines is 1. The zero-order chi connectivity index (χ0) is 24.2. The lowest BCUT2D eigenvalue weighted by atomic mass is 9.94. The van der Waals surface area contributed by atoms with E-state index in [9.17, 15) is 9.59 Å². The number of nitrogens with zero attached hydrogens (tertiary/aromatic N) is 2. The SMILES string of the molecule is CCOC(=O)C1=C(CN2CCN(c3cc(Cl)ccc3C)CC2)NC(=O)NC1c1ccc(C)cc1. The fraction of sp³-hybridized carbons (Fsp3) is 0.385. The van der Waals surface area contributed by atoms with E-state index in [0.29, 0.717) is 17.8 Å². The number of carbonyl (C=O) groups excluding carboxylic acids is 2. The molecule has 180 valence electrons. The van der Waals surface area contributed by atoms with Crippen molar-refractivity contribution in [1.82, 2.24) is 15.5 Å². The van der Waals surface area contributed by atoms with Gasteiger partial charge in [-0.25, -0.2) is 9.59 Å². The van der Waals surface area contributed by atoms with E-state index in [0.717, 1.165) is 48.0 Å². The van der Waals surface area contributed by atoms with Crippen molar-refractivity contribution in [1.29, 1.82) is 0 Å². The van der Waals surface area contributed by atoms with Crippen molar-refractivity contribution in [2.24, 2.45) is 0 Å². The number of carbonyl (C=O) groups is 2. The smallest absolute Gasteiger partial charge is 0.338 e. The molecule has 2 aliphatic rings. The summed E-state index contributed by atoms with van der Waals surface area (Å²) < 4.78 is 5.38. The Morgan fingerprint density at radius 1 is 1.09 bits per heavy atom. The van der Waals surface area contributed by atoms with E-state index in [-0.39, 0.29) is 12.6 Å². The average Bonchev–Trinajstić information content (AvgIpc) is 2.81. The third kappa shape index (κ3) is 5.37. The number of ether oxygens (including phenoxy) is 1. The summed E-state index contributed by atoms with van der Waals surface area (Å²) in [6.45, 7) is 9.85. The first-order chi connectivity index (χ1) is 16.4. The van der Waals surface area contributed by atoms with Crippen LogP contribution in [0, 0.1) is 13.8 Å². The maximum atomic E-state index is 13.0. The normalized spacial score (nSPS) is 19.0. The average molecular weight is 483 g/mol. The highest BCUT2D eigenvalue weighted by Crippen LogP contribution is 2.29. The van der Waals surface area contributed by atoms with Gasteiger partial charge >= 0.3 is 12.0 Å². The molecular formula is C26H31ClN4O3. The maximum Gasteiger partial charge on any atom is 0.338 e. The molecular weight excluding hydrogens is 452 g/mol. The van der Waals surface area contributed by atoms with Crippen LogP contribution in [0.3, 0.4) is 0 Å². The molecule has 2 amide bonds.